The molecule has 3 aliphatic carbocycles. The van der Waals surface area contributed by atoms with Crippen LogP contribution in [0.1, 0.15) is 87.5 Å². The second-order valence-corrected chi connectivity index (χ2v) is 11.0. The zero-order chi connectivity index (χ0) is 19.0. The number of fused-ring (bicyclic) bond motifs is 2. The van der Waals surface area contributed by atoms with E-state index in [-0.39, 0.29) is 0 Å². The van der Waals surface area contributed by atoms with Crippen LogP contribution in [0.5, 0.6) is 0 Å². The van der Waals surface area contributed by atoms with Gasteiger partial charge in [-0.1, -0.05) is 67.5 Å². The van der Waals surface area contributed by atoms with Crippen molar-refractivity contribution in [3.05, 3.63) is 12.2 Å². The second kappa shape index (κ2) is 7.09. The Morgan fingerprint density at radius 2 is 1.72 bits per heavy atom. The molecule has 0 aliphatic heterocycles. The van der Waals surface area contributed by atoms with Gasteiger partial charge in [-0.05, 0) is 72.0 Å². The Labute approximate surface area is 157 Å². The van der Waals surface area contributed by atoms with Crippen molar-refractivity contribution < 1.29 is 0 Å². The summed E-state index contributed by atoms with van der Waals surface area (Å²) < 4.78 is 0. The summed E-state index contributed by atoms with van der Waals surface area (Å²) in [5.41, 5.74) is 1.31. The fraction of sp³-hybridized carbons (Fsp3) is 0.875. The third-order valence-corrected chi connectivity index (χ3v) is 8.17. The van der Waals surface area contributed by atoms with Crippen molar-refractivity contribution in [3.8, 4) is 6.07 Å². The first-order valence-corrected chi connectivity index (χ1v) is 10.5. The van der Waals surface area contributed by atoms with Crippen molar-refractivity contribution in [2.24, 2.45) is 45.8 Å². The summed E-state index contributed by atoms with van der Waals surface area (Å²) in [6, 6.07) is 2.54. The predicted octanol–water partition coefficient (Wildman–Crippen LogP) is 7.24. The van der Waals surface area contributed by atoms with E-state index in [2.05, 4.69) is 73.6 Å². The molecule has 0 aromatic heterocycles. The highest BCUT2D eigenvalue weighted by atomic mass is 14.6. The van der Waals surface area contributed by atoms with Gasteiger partial charge in [-0.25, -0.2) is 0 Å². The molecule has 0 heterocycles. The van der Waals surface area contributed by atoms with Gasteiger partial charge in [-0.15, -0.1) is 0 Å². The van der Waals surface area contributed by atoms with Crippen LogP contribution in [0.25, 0.3) is 0 Å². The van der Waals surface area contributed by atoms with Crippen molar-refractivity contribution in [2.75, 3.05) is 0 Å². The van der Waals surface area contributed by atoms with Crippen LogP contribution in [0.15, 0.2) is 12.2 Å². The summed E-state index contributed by atoms with van der Waals surface area (Å²) in [4.78, 5) is 0. The number of rotatable bonds is 2. The van der Waals surface area contributed by atoms with E-state index < -0.39 is 0 Å². The van der Waals surface area contributed by atoms with Crippen LogP contribution in [0, 0.1) is 57.2 Å². The Balaban J connectivity index is 0.000000181. The van der Waals surface area contributed by atoms with Gasteiger partial charge in [0.2, 0.25) is 0 Å². The Morgan fingerprint density at radius 1 is 1.08 bits per heavy atom. The quantitative estimate of drug-likeness (QED) is 0.485. The zero-order valence-electron chi connectivity index (χ0n) is 18.0. The molecular formula is C24H41N. The van der Waals surface area contributed by atoms with Crippen LogP contribution in [-0.4, -0.2) is 0 Å². The molecular weight excluding hydrogens is 302 g/mol. The molecule has 2 saturated carbocycles. The Bertz CT molecular complexity index is 535. The van der Waals surface area contributed by atoms with Gasteiger partial charge >= 0.3 is 0 Å². The third kappa shape index (κ3) is 3.99. The largest absolute Gasteiger partial charge is 0.198 e. The van der Waals surface area contributed by atoms with E-state index in [1.165, 1.54) is 25.7 Å². The lowest BCUT2D eigenvalue weighted by Gasteiger charge is -2.36. The van der Waals surface area contributed by atoms with Gasteiger partial charge < -0.3 is 0 Å². The van der Waals surface area contributed by atoms with Gasteiger partial charge in [-0.2, -0.15) is 5.26 Å². The van der Waals surface area contributed by atoms with E-state index in [1.807, 2.05) is 0 Å². The molecule has 2 fully saturated rings. The van der Waals surface area contributed by atoms with Crippen LogP contribution in [0.3, 0.4) is 0 Å². The van der Waals surface area contributed by atoms with E-state index in [0.29, 0.717) is 28.1 Å². The minimum Gasteiger partial charge on any atom is -0.198 e. The molecule has 1 nitrogen and oxygen atoms in total. The lowest BCUT2D eigenvalue weighted by atomic mass is 9.68. The highest BCUT2D eigenvalue weighted by Crippen LogP contribution is 2.66. The molecule has 0 saturated heterocycles. The maximum atomic E-state index is 9.17. The van der Waals surface area contributed by atoms with Gasteiger partial charge in [-0.3, -0.25) is 0 Å². The molecule has 5 unspecified atom stereocenters. The maximum absolute atomic E-state index is 9.17. The lowest BCUT2D eigenvalue weighted by molar-refractivity contribution is 0.150. The fourth-order valence-corrected chi connectivity index (χ4v) is 5.56. The SMILES string of the molecule is CC(C)C12CCC(C)(CC1C#N)C2.CC(C)C1C=CC(C)(C)C(C)C1. The first-order chi connectivity index (χ1) is 11.5. The highest BCUT2D eigenvalue weighted by molar-refractivity contribution is 5.14. The molecule has 25 heavy (non-hydrogen) atoms. The van der Waals surface area contributed by atoms with Crippen LogP contribution in [0.2, 0.25) is 0 Å². The van der Waals surface area contributed by atoms with Crippen molar-refractivity contribution in [1.29, 1.82) is 5.26 Å². The molecule has 0 spiro atoms. The number of hydrogen-bond donors (Lipinski definition) is 0. The minimum atomic E-state index is 0.339. The lowest BCUT2D eigenvalue weighted by Crippen LogP contribution is -2.30. The molecule has 0 amide bonds. The minimum absolute atomic E-state index is 0.339. The maximum Gasteiger partial charge on any atom is 0.0661 e. The van der Waals surface area contributed by atoms with Crippen LogP contribution < -0.4 is 0 Å². The van der Waals surface area contributed by atoms with E-state index in [0.717, 1.165) is 24.2 Å². The van der Waals surface area contributed by atoms with E-state index in [1.54, 1.807) is 0 Å². The summed E-state index contributed by atoms with van der Waals surface area (Å²) >= 11 is 0. The molecule has 2 bridgehead atoms. The molecule has 0 aromatic rings. The Kier molecular flexibility index (Phi) is 5.83. The van der Waals surface area contributed by atoms with E-state index in [9.17, 15) is 0 Å². The molecule has 3 rings (SSSR count). The predicted molar refractivity (Wildman–Crippen MR) is 108 cm³/mol. The van der Waals surface area contributed by atoms with Gasteiger partial charge in [0, 0.05) is 0 Å². The van der Waals surface area contributed by atoms with Crippen LogP contribution in [-0.2, 0) is 0 Å². The summed E-state index contributed by atoms with van der Waals surface area (Å²) in [6.07, 6.45) is 11.3. The standard InChI is InChI=1S/C12H19N.C12H22/c1-9(2)12-5-4-11(3,8-12)6-10(12)7-13;1-9(2)11-6-7-12(4,5)10(3)8-11/h9-10H,4-6,8H2,1-3H3;6-7,9-11H,8H2,1-5H3. The summed E-state index contributed by atoms with van der Waals surface area (Å²) in [5, 5.41) is 9.17. The van der Waals surface area contributed by atoms with Crippen molar-refractivity contribution in [1.82, 2.24) is 0 Å². The molecule has 0 aromatic carbocycles. The van der Waals surface area contributed by atoms with Crippen molar-refractivity contribution in [3.63, 3.8) is 0 Å². The van der Waals surface area contributed by atoms with Crippen molar-refractivity contribution in [2.45, 2.75) is 87.5 Å². The summed E-state index contributed by atoms with van der Waals surface area (Å²) in [6.45, 7) is 18.6. The number of allylic oxidation sites excluding steroid dienone is 2. The molecule has 3 aliphatic rings. The smallest absolute Gasteiger partial charge is 0.0661 e. The van der Waals surface area contributed by atoms with E-state index in [4.69, 9.17) is 5.26 Å². The third-order valence-electron chi connectivity index (χ3n) is 8.17. The zero-order valence-corrected chi connectivity index (χ0v) is 18.0. The molecule has 5 atom stereocenters. The van der Waals surface area contributed by atoms with E-state index >= 15 is 0 Å². The molecule has 0 radical (unpaired) electrons. The summed E-state index contributed by atoms with van der Waals surface area (Å²) in [5.74, 6) is 3.47. The Hall–Kier alpha value is -0.770. The topological polar surface area (TPSA) is 23.8 Å². The first-order valence-electron chi connectivity index (χ1n) is 10.5. The highest BCUT2D eigenvalue weighted by Gasteiger charge is 2.58. The van der Waals surface area contributed by atoms with Crippen LogP contribution in [0.4, 0.5) is 0 Å². The number of nitrogens with zero attached hydrogens (tertiary/aromatic N) is 1. The van der Waals surface area contributed by atoms with Gasteiger partial charge in [0.05, 0.1) is 12.0 Å². The first kappa shape index (κ1) is 20.5. The summed E-state index contributed by atoms with van der Waals surface area (Å²) in [7, 11) is 0. The average Bonchev–Trinajstić information content (AvgIpc) is 3.02. The number of nitriles is 1. The van der Waals surface area contributed by atoms with Gasteiger partial charge in [0.1, 0.15) is 0 Å². The fourth-order valence-electron chi connectivity index (χ4n) is 5.56. The van der Waals surface area contributed by atoms with Gasteiger partial charge in [0.15, 0.2) is 0 Å². The normalized spacial score (nSPS) is 41.6. The average molecular weight is 344 g/mol. The molecule has 0 N–H and O–H groups in total. The molecule has 142 valence electrons. The Morgan fingerprint density at radius 3 is 2.12 bits per heavy atom. The van der Waals surface area contributed by atoms with Crippen LogP contribution >= 0.6 is 0 Å². The van der Waals surface area contributed by atoms with Crippen molar-refractivity contribution >= 4 is 0 Å². The second-order valence-electron chi connectivity index (χ2n) is 11.0. The van der Waals surface area contributed by atoms with Gasteiger partial charge in [0.25, 0.3) is 0 Å². The molecule has 1 heteroatoms. The monoisotopic (exact) mass is 343 g/mol. The number of hydrogen-bond acceptors (Lipinski definition) is 1.